The lowest BCUT2D eigenvalue weighted by Crippen LogP contribution is -2.34. The maximum absolute atomic E-state index is 12.8. The van der Waals surface area contributed by atoms with Crippen LogP contribution >= 0.6 is 23.7 Å². The summed E-state index contributed by atoms with van der Waals surface area (Å²) in [4.78, 5) is 27.4. The van der Waals surface area contributed by atoms with Crippen LogP contribution in [0.2, 0.25) is 0 Å². The summed E-state index contributed by atoms with van der Waals surface area (Å²) in [6.07, 6.45) is 0.938. The minimum atomic E-state index is -0.458. The highest BCUT2D eigenvalue weighted by Gasteiger charge is 2.36. The Morgan fingerprint density at radius 2 is 2.04 bits per heavy atom. The van der Waals surface area contributed by atoms with E-state index in [4.69, 9.17) is 5.73 Å². The Hall–Kier alpha value is -1.11. The van der Waals surface area contributed by atoms with E-state index < -0.39 is 5.41 Å². The maximum Gasteiger partial charge on any atom is 0.264 e. The van der Waals surface area contributed by atoms with Crippen LogP contribution in [-0.4, -0.2) is 36.3 Å². The predicted molar refractivity (Wildman–Crippen MR) is 102 cm³/mol. The second-order valence-corrected chi connectivity index (χ2v) is 8.87. The summed E-state index contributed by atoms with van der Waals surface area (Å²) in [6, 6.07) is 1.87. The molecule has 1 aliphatic heterocycles. The van der Waals surface area contributed by atoms with Crippen LogP contribution in [0.1, 0.15) is 49.4 Å². The Labute approximate surface area is 154 Å². The average Bonchev–Trinajstić information content (AvgIpc) is 3.01. The third-order valence-electron chi connectivity index (χ3n) is 4.37. The lowest BCUT2D eigenvalue weighted by molar-refractivity contribution is -0.123. The van der Waals surface area contributed by atoms with Crippen LogP contribution in [0.25, 0.3) is 0 Å². The van der Waals surface area contributed by atoms with Gasteiger partial charge in [-0.3, -0.25) is 9.59 Å². The molecule has 0 spiro atoms. The van der Waals surface area contributed by atoms with Gasteiger partial charge in [-0.2, -0.15) is 0 Å². The number of carbonyl (C=O) groups is 2. The van der Waals surface area contributed by atoms with Crippen molar-refractivity contribution < 1.29 is 9.59 Å². The fourth-order valence-electron chi connectivity index (χ4n) is 2.56. The van der Waals surface area contributed by atoms with Crippen molar-refractivity contribution in [3.8, 4) is 0 Å². The summed E-state index contributed by atoms with van der Waals surface area (Å²) < 4.78 is 0. The fraction of sp³-hybridized carbons (Fsp3) is 0.647. The second kappa shape index (κ2) is 7.42. The highest BCUT2D eigenvalue weighted by molar-refractivity contribution is 7.18. The van der Waals surface area contributed by atoms with Crippen LogP contribution < -0.4 is 11.1 Å². The molecule has 2 rings (SSSR count). The van der Waals surface area contributed by atoms with Gasteiger partial charge in [0, 0.05) is 18.5 Å². The predicted octanol–water partition coefficient (Wildman–Crippen LogP) is 3.27. The molecular formula is C17H28ClN3O2S. The van der Waals surface area contributed by atoms with Crippen molar-refractivity contribution in [1.29, 1.82) is 0 Å². The van der Waals surface area contributed by atoms with Gasteiger partial charge in [0.1, 0.15) is 0 Å². The zero-order valence-corrected chi connectivity index (χ0v) is 16.7. The van der Waals surface area contributed by atoms with E-state index >= 15 is 0 Å². The van der Waals surface area contributed by atoms with Crippen molar-refractivity contribution in [2.24, 2.45) is 16.6 Å². The van der Waals surface area contributed by atoms with Crippen LogP contribution in [0.3, 0.4) is 0 Å². The number of thiophene rings is 1. The highest BCUT2D eigenvalue weighted by Crippen LogP contribution is 2.33. The van der Waals surface area contributed by atoms with Gasteiger partial charge >= 0.3 is 0 Å². The Kier molecular flexibility index (Phi) is 6.47. The molecule has 0 saturated carbocycles. The van der Waals surface area contributed by atoms with Crippen molar-refractivity contribution in [2.75, 3.05) is 25.0 Å². The number of carbonyl (C=O) groups excluding carboxylic acids is 2. The van der Waals surface area contributed by atoms with Crippen LogP contribution in [0.15, 0.2) is 6.07 Å². The van der Waals surface area contributed by atoms with E-state index in [1.807, 2.05) is 38.7 Å². The third kappa shape index (κ3) is 4.49. The van der Waals surface area contributed by atoms with Crippen LogP contribution in [-0.2, 0) is 4.79 Å². The molecule has 2 heterocycles. The largest absolute Gasteiger partial charge is 0.337 e. The number of likely N-dealkylation sites (tertiary alicyclic amines) is 1. The summed E-state index contributed by atoms with van der Waals surface area (Å²) in [5, 5.41) is 3.63. The zero-order chi connectivity index (χ0) is 17.4. The summed E-state index contributed by atoms with van der Waals surface area (Å²) in [5.41, 5.74) is 6.28. The summed E-state index contributed by atoms with van der Waals surface area (Å²) >= 11 is 1.35. The molecule has 1 aromatic heterocycles. The van der Waals surface area contributed by atoms with E-state index in [-0.39, 0.29) is 29.6 Å². The van der Waals surface area contributed by atoms with Crippen molar-refractivity contribution >= 4 is 40.6 Å². The van der Waals surface area contributed by atoms with E-state index in [1.54, 1.807) is 0 Å². The number of hydrogen-bond donors (Lipinski definition) is 2. The number of nitrogens with zero attached hydrogens (tertiary/aromatic N) is 1. The van der Waals surface area contributed by atoms with Gasteiger partial charge in [0.05, 0.1) is 9.88 Å². The van der Waals surface area contributed by atoms with Gasteiger partial charge in [0.15, 0.2) is 0 Å². The Bertz CT molecular complexity index is 624. The maximum atomic E-state index is 12.8. The summed E-state index contributed by atoms with van der Waals surface area (Å²) in [7, 11) is 0. The lowest BCUT2D eigenvalue weighted by Gasteiger charge is -2.22. The number of rotatable bonds is 3. The number of nitrogens with two attached hydrogens (primary N) is 1. The quantitative estimate of drug-likeness (QED) is 0.853. The van der Waals surface area contributed by atoms with Gasteiger partial charge in [-0.15, -0.1) is 23.7 Å². The van der Waals surface area contributed by atoms with Gasteiger partial charge in [0.2, 0.25) is 5.91 Å². The molecule has 1 fully saturated rings. The van der Waals surface area contributed by atoms with E-state index in [2.05, 4.69) is 12.2 Å². The summed E-state index contributed by atoms with van der Waals surface area (Å²) in [6.45, 7) is 11.7. The Morgan fingerprint density at radius 1 is 1.42 bits per heavy atom. The van der Waals surface area contributed by atoms with Crippen LogP contribution in [0.4, 0.5) is 5.00 Å². The van der Waals surface area contributed by atoms with Gasteiger partial charge in [-0.1, -0.05) is 27.7 Å². The van der Waals surface area contributed by atoms with Crippen LogP contribution in [0.5, 0.6) is 0 Å². The topological polar surface area (TPSA) is 75.4 Å². The molecule has 0 aliphatic carbocycles. The van der Waals surface area contributed by atoms with Gasteiger partial charge in [-0.25, -0.2) is 0 Å². The first-order chi connectivity index (χ1) is 10.6. The molecule has 0 radical (unpaired) electrons. The third-order valence-corrected chi connectivity index (χ3v) is 5.51. The second-order valence-electron chi connectivity index (χ2n) is 7.82. The lowest BCUT2D eigenvalue weighted by atomic mass is 9.90. The molecule has 2 amide bonds. The zero-order valence-electron chi connectivity index (χ0n) is 15.1. The first-order valence-corrected chi connectivity index (χ1v) is 8.79. The molecule has 136 valence electrons. The fourth-order valence-corrected chi connectivity index (χ4v) is 3.60. The Balaban J connectivity index is 0.00000288. The molecule has 5 nitrogen and oxygen atoms in total. The summed E-state index contributed by atoms with van der Waals surface area (Å²) in [5.74, 6) is -0.00411. The minimum Gasteiger partial charge on any atom is -0.337 e. The normalized spacial score (nSPS) is 20.7. The smallest absolute Gasteiger partial charge is 0.264 e. The number of amides is 2. The van der Waals surface area contributed by atoms with E-state index in [9.17, 15) is 9.59 Å². The van der Waals surface area contributed by atoms with Gasteiger partial charge < -0.3 is 16.0 Å². The molecule has 0 bridgehead atoms. The molecule has 24 heavy (non-hydrogen) atoms. The van der Waals surface area contributed by atoms with Crippen molar-refractivity contribution in [1.82, 2.24) is 4.90 Å². The molecule has 0 aromatic carbocycles. The average molecular weight is 374 g/mol. The van der Waals surface area contributed by atoms with Crippen LogP contribution in [0, 0.1) is 17.8 Å². The first kappa shape index (κ1) is 20.9. The highest BCUT2D eigenvalue weighted by atomic mass is 35.5. The standard InChI is InChI=1S/C17H27N3O2S.ClH/c1-11-8-12(19-15(22)16(2,3)4)23-13(11)14(21)20-7-6-17(5,9-18)10-20;/h8H,6-7,9-10,18H2,1-5H3,(H,19,22);1H. The molecule has 1 saturated heterocycles. The molecule has 7 heteroatoms. The Morgan fingerprint density at radius 3 is 2.54 bits per heavy atom. The van der Waals surface area contributed by atoms with Gasteiger partial charge in [0.25, 0.3) is 5.91 Å². The molecule has 1 atom stereocenters. The molecular weight excluding hydrogens is 346 g/mol. The number of nitrogens with one attached hydrogen (secondary N) is 1. The number of anilines is 1. The van der Waals surface area contributed by atoms with Crippen molar-refractivity contribution in [3.05, 3.63) is 16.5 Å². The minimum absolute atomic E-state index is 0. The van der Waals surface area contributed by atoms with E-state index in [0.717, 1.165) is 23.5 Å². The molecule has 1 unspecified atom stereocenters. The number of hydrogen-bond acceptors (Lipinski definition) is 4. The molecule has 1 aliphatic rings. The number of halogens is 1. The molecule has 1 aromatic rings. The first-order valence-electron chi connectivity index (χ1n) is 7.97. The van der Waals surface area contributed by atoms with Crippen molar-refractivity contribution in [2.45, 2.75) is 41.0 Å². The molecule has 3 N–H and O–H groups in total. The SMILES string of the molecule is Cc1cc(NC(=O)C(C)(C)C)sc1C(=O)N1CCC(C)(CN)C1.Cl. The van der Waals surface area contributed by atoms with Gasteiger partial charge in [-0.05, 0) is 36.9 Å². The monoisotopic (exact) mass is 373 g/mol. The van der Waals surface area contributed by atoms with E-state index in [0.29, 0.717) is 18.0 Å². The van der Waals surface area contributed by atoms with E-state index in [1.165, 1.54) is 11.3 Å². The number of aryl methyl sites for hydroxylation is 1. The van der Waals surface area contributed by atoms with Crippen molar-refractivity contribution in [3.63, 3.8) is 0 Å².